The molecule has 1 aromatic heterocycles. The Morgan fingerprint density at radius 1 is 1.55 bits per heavy atom. The Morgan fingerprint density at radius 2 is 2.35 bits per heavy atom. The van der Waals surface area contributed by atoms with Crippen molar-refractivity contribution in [2.24, 2.45) is 0 Å². The van der Waals surface area contributed by atoms with Crippen molar-refractivity contribution in [3.63, 3.8) is 0 Å². The molecule has 1 amide bonds. The molecule has 8 heteroatoms. The number of imidazole rings is 1. The zero-order valence-corrected chi connectivity index (χ0v) is 10.6. The molecule has 0 bridgehead atoms. The van der Waals surface area contributed by atoms with E-state index in [4.69, 9.17) is 4.74 Å². The summed E-state index contributed by atoms with van der Waals surface area (Å²) in [6.45, 7) is 0.189. The van der Waals surface area contributed by atoms with Gasteiger partial charge in [-0.15, -0.1) is 0 Å². The summed E-state index contributed by atoms with van der Waals surface area (Å²) in [4.78, 5) is 29.1. The van der Waals surface area contributed by atoms with Gasteiger partial charge in [0.15, 0.2) is 5.56 Å². The molecular formula is C12H12N4O4. The average Bonchev–Trinajstić information content (AvgIpc) is 2.97. The van der Waals surface area contributed by atoms with Crippen molar-refractivity contribution in [1.82, 2.24) is 15.3 Å². The van der Waals surface area contributed by atoms with E-state index in [1.807, 2.05) is 0 Å². The maximum absolute atomic E-state index is 12.1. The van der Waals surface area contributed by atoms with Crippen LogP contribution in [0.25, 0.3) is 0 Å². The molecule has 0 aliphatic heterocycles. The molecule has 0 atom stereocenters. The van der Waals surface area contributed by atoms with Gasteiger partial charge < -0.3 is 15.0 Å². The highest BCUT2D eigenvalue weighted by Gasteiger charge is 2.24. The normalized spacial score (nSPS) is 10.1. The van der Waals surface area contributed by atoms with Gasteiger partial charge in [0.05, 0.1) is 30.6 Å². The van der Waals surface area contributed by atoms with Crippen LogP contribution in [0.15, 0.2) is 30.7 Å². The number of aromatic nitrogens is 2. The maximum Gasteiger partial charge on any atom is 0.285 e. The van der Waals surface area contributed by atoms with Crippen LogP contribution >= 0.6 is 0 Å². The van der Waals surface area contributed by atoms with Crippen LogP contribution in [0.5, 0.6) is 5.75 Å². The molecule has 2 N–H and O–H groups in total. The number of hydrogen-bond acceptors (Lipinski definition) is 5. The molecule has 2 aromatic rings. The lowest BCUT2D eigenvalue weighted by Crippen LogP contribution is -2.24. The molecule has 0 radical (unpaired) electrons. The summed E-state index contributed by atoms with van der Waals surface area (Å²) in [5, 5.41) is 13.6. The number of carbonyl (C=O) groups is 1. The minimum absolute atomic E-state index is 0.0977. The van der Waals surface area contributed by atoms with Gasteiger partial charge in [0, 0.05) is 12.3 Å². The summed E-state index contributed by atoms with van der Waals surface area (Å²) < 4.78 is 5.01. The first kappa shape index (κ1) is 13.5. The van der Waals surface area contributed by atoms with Crippen LogP contribution in [0, 0.1) is 10.1 Å². The Hall–Kier alpha value is -2.90. The SMILES string of the molecule is COc1cccc([N+](=O)[O-])c1C(=O)NCc1cnc[nH]1. The van der Waals surface area contributed by atoms with E-state index in [2.05, 4.69) is 15.3 Å². The molecular weight excluding hydrogens is 264 g/mol. The summed E-state index contributed by atoms with van der Waals surface area (Å²) >= 11 is 0. The number of rotatable bonds is 5. The number of hydrogen-bond donors (Lipinski definition) is 2. The molecule has 1 heterocycles. The van der Waals surface area contributed by atoms with Gasteiger partial charge in [-0.05, 0) is 6.07 Å². The standard InChI is InChI=1S/C12H12N4O4/c1-20-10-4-2-3-9(16(18)19)11(10)12(17)14-6-8-5-13-7-15-8/h2-5,7H,6H2,1H3,(H,13,15)(H,14,17). The first-order valence-electron chi connectivity index (χ1n) is 5.70. The van der Waals surface area contributed by atoms with Crippen molar-refractivity contribution in [3.05, 3.63) is 52.1 Å². The summed E-state index contributed by atoms with van der Waals surface area (Å²) in [7, 11) is 1.35. The summed E-state index contributed by atoms with van der Waals surface area (Å²) in [6, 6.07) is 4.22. The van der Waals surface area contributed by atoms with E-state index >= 15 is 0 Å². The molecule has 1 aromatic carbocycles. The topological polar surface area (TPSA) is 110 Å². The van der Waals surface area contributed by atoms with Crippen LogP contribution < -0.4 is 10.1 Å². The summed E-state index contributed by atoms with van der Waals surface area (Å²) in [5.74, 6) is -0.426. The van der Waals surface area contributed by atoms with Gasteiger partial charge in [-0.25, -0.2) is 4.98 Å². The van der Waals surface area contributed by atoms with Crippen molar-refractivity contribution >= 4 is 11.6 Å². The largest absolute Gasteiger partial charge is 0.496 e. The van der Waals surface area contributed by atoms with Crippen LogP contribution in [-0.4, -0.2) is 27.9 Å². The molecule has 0 spiro atoms. The fourth-order valence-electron chi connectivity index (χ4n) is 1.72. The quantitative estimate of drug-likeness (QED) is 0.631. The van der Waals surface area contributed by atoms with Crippen molar-refractivity contribution in [2.45, 2.75) is 6.54 Å². The van der Waals surface area contributed by atoms with Crippen LogP contribution in [-0.2, 0) is 6.54 Å². The monoisotopic (exact) mass is 276 g/mol. The lowest BCUT2D eigenvalue weighted by Gasteiger charge is -2.09. The smallest absolute Gasteiger partial charge is 0.285 e. The van der Waals surface area contributed by atoms with E-state index in [0.29, 0.717) is 5.69 Å². The number of benzene rings is 1. The third-order valence-corrected chi connectivity index (χ3v) is 2.64. The average molecular weight is 276 g/mol. The zero-order valence-electron chi connectivity index (χ0n) is 10.6. The lowest BCUT2D eigenvalue weighted by molar-refractivity contribution is -0.385. The molecule has 0 unspecified atom stereocenters. The van der Waals surface area contributed by atoms with Gasteiger partial charge in [0.25, 0.3) is 11.6 Å². The van der Waals surface area contributed by atoms with E-state index in [-0.39, 0.29) is 23.5 Å². The fourth-order valence-corrected chi connectivity index (χ4v) is 1.72. The summed E-state index contributed by atoms with van der Waals surface area (Å²) in [5.41, 5.74) is 0.293. The van der Waals surface area contributed by atoms with Crippen LogP contribution in [0.1, 0.15) is 16.1 Å². The predicted octanol–water partition coefficient (Wildman–Crippen LogP) is 1.26. The minimum atomic E-state index is -0.617. The van der Waals surface area contributed by atoms with Crippen molar-refractivity contribution in [1.29, 1.82) is 0 Å². The van der Waals surface area contributed by atoms with E-state index in [0.717, 1.165) is 0 Å². The number of nitrogens with zero attached hydrogens (tertiary/aromatic N) is 2. The Kier molecular flexibility index (Phi) is 3.94. The zero-order chi connectivity index (χ0) is 14.5. The number of amides is 1. The number of H-pyrrole nitrogens is 1. The second-order valence-electron chi connectivity index (χ2n) is 3.87. The Labute approximate surface area is 113 Å². The molecule has 0 saturated heterocycles. The number of carbonyl (C=O) groups excluding carboxylic acids is 1. The first-order chi connectivity index (χ1) is 9.63. The molecule has 2 rings (SSSR count). The van der Waals surface area contributed by atoms with Crippen LogP contribution in [0.2, 0.25) is 0 Å². The van der Waals surface area contributed by atoms with Gasteiger partial charge in [-0.1, -0.05) is 6.07 Å². The van der Waals surface area contributed by atoms with Crippen LogP contribution in [0.3, 0.4) is 0 Å². The van der Waals surface area contributed by atoms with Gasteiger partial charge in [-0.3, -0.25) is 14.9 Å². The van der Waals surface area contributed by atoms with E-state index in [9.17, 15) is 14.9 Å². The van der Waals surface area contributed by atoms with Gasteiger partial charge in [0.1, 0.15) is 5.75 Å². The number of nitro benzene ring substituents is 1. The van der Waals surface area contributed by atoms with E-state index < -0.39 is 10.8 Å². The van der Waals surface area contributed by atoms with E-state index in [1.165, 1.54) is 31.6 Å². The van der Waals surface area contributed by atoms with Gasteiger partial charge in [0.2, 0.25) is 0 Å². The Balaban J connectivity index is 2.25. The third kappa shape index (κ3) is 2.74. The summed E-state index contributed by atoms with van der Waals surface area (Å²) in [6.07, 6.45) is 3.03. The highest BCUT2D eigenvalue weighted by molar-refractivity contribution is 6.00. The predicted molar refractivity (Wildman–Crippen MR) is 69.4 cm³/mol. The van der Waals surface area contributed by atoms with Gasteiger partial charge >= 0.3 is 0 Å². The Morgan fingerprint density at radius 3 is 2.95 bits per heavy atom. The number of methoxy groups -OCH3 is 1. The number of nitrogens with one attached hydrogen (secondary N) is 2. The molecule has 8 nitrogen and oxygen atoms in total. The van der Waals surface area contributed by atoms with Crippen LogP contribution in [0.4, 0.5) is 5.69 Å². The maximum atomic E-state index is 12.1. The van der Waals surface area contributed by atoms with E-state index in [1.54, 1.807) is 6.20 Å². The molecule has 0 aliphatic rings. The highest BCUT2D eigenvalue weighted by Crippen LogP contribution is 2.27. The molecule has 0 fully saturated rings. The number of ether oxygens (including phenoxy) is 1. The highest BCUT2D eigenvalue weighted by atomic mass is 16.6. The van der Waals surface area contributed by atoms with Gasteiger partial charge in [-0.2, -0.15) is 0 Å². The molecule has 0 saturated carbocycles. The molecule has 20 heavy (non-hydrogen) atoms. The number of aromatic amines is 1. The van der Waals surface area contributed by atoms with Crippen molar-refractivity contribution < 1.29 is 14.5 Å². The fraction of sp³-hybridized carbons (Fsp3) is 0.167. The number of nitro groups is 1. The second-order valence-corrected chi connectivity index (χ2v) is 3.87. The minimum Gasteiger partial charge on any atom is -0.496 e. The molecule has 104 valence electrons. The molecule has 0 aliphatic carbocycles. The Bertz CT molecular complexity index is 624. The lowest BCUT2D eigenvalue weighted by atomic mass is 10.1. The third-order valence-electron chi connectivity index (χ3n) is 2.64. The van der Waals surface area contributed by atoms with Crippen molar-refractivity contribution in [3.8, 4) is 5.75 Å². The second kappa shape index (κ2) is 5.83. The first-order valence-corrected chi connectivity index (χ1v) is 5.70. The van der Waals surface area contributed by atoms with Crippen molar-refractivity contribution in [2.75, 3.05) is 7.11 Å².